The molecule has 1 saturated carbocycles. The summed E-state index contributed by atoms with van der Waals surface area (Å²) < 4.78 is 7.51. The van der Waals surface area contributed by atoms with Crippen LogP contribution in [0.4, 0.5) is 0 Å². The first-order chi connectivity index (χ1) is 15.2. The number of aromatic amines is 1. The van der Waals surface area contributed by atoms with Gasteiger partial charge in [-0.2, -0.15) is 5.10 Å². The molecule has 1 aromatic carbocycles. The Balaban J connectivity index is 1.48. The summed E-state index contributed by atoms with van der Waals surface area (Å²) in [5.41, 5.74) is 3.56. The first kappa shape index (κ1) is 20.1. The van der Waals surface area contributed by atoms with Gasteiger partial charge in [0.25, 0.3) is 5.56 Å². The molecule has 6 nitrogen and oxygen atoms in total. The molecule has 2 N–H and O–H groups in total. The van der Waals surface area contributed by atoms with E-state index in [0.717, 1.165) is 40.8 Å². The molecule has 0 amide bonds. The van der Waals surface area contributed by atoms with Gasteiger partial charge in [0.1, 0.15) is 11.8 Å². The van der Waals surface area contributed by atoms with Crippen LogP contribution in [0.2, 0.25) is 0 Å². The third kappa shape index (κ3) is 4.04. The average molecular weight is 419 g/mol. The second-order valence-corrected chi connectivity index (χ2v) is 8.85. The van der Waals surface area contributed by atoms with Gasteiger partial charge in [-0.05, 0) is 37.1 Å². The molecule has 1 aliphatic heterocycles. The third-order valence-electron chi connectivity index (χ3n) is 6.67. The number of nitrogens with one attached hydrogen (secondary N) is 2. The maximum Gasteiger partial charge on any atom is 0.254 e. The number of fused-ring (bicyclic) bond motifs is 1. The first-order valence-electron chi connectivity index (χ1n) is 11.4. The standard InChI is InChI=1S/C25H30N4O2/c1-17-12-13-31-22(17)16-26-15-19-14-21-23(18-8-4-2-5-9-18)28-29(24(21)27-25(19)30)20-10-6-3-7-11-20/h3,6-7,10-14,17-18,22,26H,2,4-5,8-9,15-16H2,1H3,(H,27,30). The summed E-state index contributed by atoms with van der Waals surface area (Å²) >= 11 is 0. The summed E-state index contributed by atoms with van der Waals surface area (Å²) in [6, 6.07) is 12.1. The zero-order valence-electron chi connectivity index (χ0n) is 18.0. The van der Waals surface area contributed by atoms with Gasteiger partial charge in [-0.3, -0.25) is 4.79 Å². The van der Waals surface area contributed by atoms with Crippen molar-refractivity contribution >= 4 is 11.0 Å². The monoisotopic (exact) mass is 418 g/mol. The smallest absolute Gasteiger partial charge is 0.254 e. The van der Waals surface area contributed by atoms with E-state index in [-0.39, 0.29) is 11.7 Å². The molecule has 2 aromatic heterocycles. The van der Waals surface area contributed by atoms with E-state index in [9.17, 15) is 4.79 Å². The van der Waals surface area contributed by atoms with E-state index < -0.39 is 0 Å². The number of pyridine rings is 1. The molecule has 2 aliphatic rings. The lowest BCUT2D eigenvalue weighted by atomic mass is 9.86. The number of hydrogen-bond acceptors (Lipinski definition) is 4. The molecule has 2 unspecified atom stereocenters. The Kier molecular flexibility index (Phi) is 5.64. The van der Waals surface area contributed by atoms with Gasteiger partial charge in [0.2, 0.25) is 0 Å². The van der Waals surface area contributed by atoms with Crippen molar-refractivity contribution in [3.8, 4) is 5.69 Å². The van der Waals surface area contributed by atoms with Crippen molar-refractivity contribution in [2.24, 2.45) is 5.92 Å². The minimum absolute atomic E-state index is 0.0641. The molecule has 162 valence electrons. The van der Waals surface area contributed by atoms with Gasteiger partial charge in [-0.25, -0.2) is 4.68 Å². The van der Waals surface area contributed by atoms with Crippen molar-refractivity contribution < 1.29 is 4.74 Å². The molecule has 2 atom stereocenters. The summed E-state index contributed by atoms with van der Waals surface area (Å²) in [6.07, 6.45) is 10.1. The molecule has 3 heterocycles. The van der Waals surface area contributed by atoms with Crippen molar-refractivity contribution in [1.29, 1.82) is 0 Å². The Labute approximate surface area is 182 Å². The van der Waals surface area contributed by atoms with Crippen molar-refractivity contribution in [2.75, 3.05) is 6.54 Å². The van der Waals surface area contributed by atoms with Gasteiger partial charge in [-0.15, -0.1) is 0 Å². The lowest BCUT2D eigenvalue weighted by Crippen LogP contribution is -2.31. The lowest BCUT2D eigenvalue weighted by molar-refractivity contribution is 0.138. The topological polar surface area (TPSA) is 71.9 Å². The Morgan fingerprint density at radius 1 is 1.19 bits per heavy atom. The highest BCUT2D eigenvalue weighted by Crippen LogP contribution is 2.36. The third-order valence-corrected chi connectivity index (χ3v) is 6.67. The van der Waals surface area contributed by atoms with E-state index in [1.54, 1.807) is 6.26 Å². The van der Waals surface area contributed by atoms with Gasteiger partial charge in [0.05, 0.1) is 17.6 Å². The average Bonchev–Trinajstić information content (AvgIpc) is 3.38. The number of benzene rings is 1. The Morgan fingerprint density at radius 2 is 2.00 bits per heavy atom. The maximum atomic E-state index is 12.9. The Morgan fingerprint density at radius 3 is 2.74 bits per heavy atom. The minimum Gasteiger partial charge on any atom is -0.496 e. The van der Waals surface area contributed by atoms with E-state index in [2.05, 4.69) is 29.4 Å². The highest BCUT2D eigenvalue weighted by atomic mass is 16.5. The predicted octanol–water partition coefficient (Wildman–Crippen LogP) is 4.40. The van der Waals surface area contributed by atoms with E-state index >= 15 is 0 Å². The number of hydrogen-bond donors (Lipinski definition) is 2. The molecule has 0 saturated heterocycles. The number of nitrogens with zero attached hydrogens (tertiary/aromatic N) is 2. The lowest BCUT2D eigenvalue weighted by Gasteiger charge is -2.20. The van der Waals surface area contributed by atoms with Crippen molar-refractivity contribution in [1.82, 2.24) is 20.1 Å². The predicted molar refractivity (Wildman–Crippen MR) is 122 cm³/mol. The maximum absolute atomic E-state index is 12.9. The number of rotatable bonds is 6. The van der Waals surface area contributed by atoms with E-state index in [1.807, 2.05) is 35.0 Å². The number of para-hydroxylation sites is 1. The van der Waals surface area contributed by atoms with Crippen LogP contribution in [0.15, 0.2) is 53.5 Å². The minimum atomic E-state index is -0.0641. The fourth-order valence-corrected chi connectivity index (χ4v) is 4.80. The first-order valence-corrected chi connectivity index (χ1v) is 11.4. The van der Waals surface area contributed by atoms with Gasteiger partial charge in [-0.1, -0.05) is 44.4 Å². The summed E-state index contributed by atoms with van der Waals surface area (Å²) in [6.45, 7) is 3.37. The molecule has 1 fully saturated rings. The van der Waals surface area contributed by atoms with Crippen LogP contribution in [0.25, 0.3) is 16.7 Å². The van der Waals surface area contributed by atoms with Gasteiger partial charge >= 0.3 is 0 Å². The molecule has 0 radical (unpaired) electrons. The highest BCUT2D eigenvalue weighted by molar-refractivity contribution is 5.81. The van der Waals surface area contributed by atoms with Crippen LogP contribution < -0.4 is 10.9 Å². The SMILES string of the molecule is CC1C=COC1CNCc1cc2c(C3CCCCC3)nn(-c3ccccc3)c2[nH]c1=O. The zero-order valence-corrected chi connectivity index (χ0v) is 18.0. The van der Waals surface area contributed by atoms with Crippen molar-refractivity contribution in [3.63, 3.8) is 0 Å². The van der Waals surface area contributed by atoms with E-state index in [0.29, 0.717) is 24.9 Å². The van der Waals surface area contributed by atoms with Crippen molar-refractivity contribution in [3.05, 3.63) is 70.3 Å². The molecule has 5 rings (SSSR count). The van der Waals surface area contributed by atoms with Crippen LogP contribution in [0.1, 0.15) is 56.2 Å². The van der Waals surface area contributed by atoms with Crippen LogP contribution in [-0.4, -0.2) is 27.4 Å². The number of aromatic nitrogens is 3. The van der Waals surface area contributed by atoms with Crippen LogP contribution in [0.5, 0.6) is 0 Å². The second kappa shape index (κ2) is 8.71. The van der Waals surface area contributed by atoms with Crippen LogP contribution in [0.3, 0.4) is 0 Å². The highest BCUT2D eigenvalue weighted by Gasteiger charge is 2.24. The quantitative estimate of drug-likeness (QED) is 0.622. The number of H-pyrrole nitrogens is 1. The number of ether oxygens (including phenoxy) is 1. The molecular weight excluding hydrogens is 388 g/mol. The van der Waals surface area contributed by atoms with Gasteiger partial charge < -0.3 is 15.0 Å². The molecular formula is C25H30N4O2. The van der Waals surface area contributed by atoms with Crippen LogP contribution in [0, 0.1) is 5.92 Å². The normalized spacial score (nSPS) is 21.6. The van der Waals surface area contributed by atoms with Crippen LogP contribution in [-0.2, 0) is 11.3 Å². The summed E-state index contributed by atoms with van der Waals surface area (Å²) in [5.74, 6) is 0.835. The van der Waals surface area contributed by atoms with E-state index in [1.165, 1.54) is 19.3 Å². The summed E-state index contributed by atoms with van der Waals surface area (Å²) in [5, 5.41) is 9.49. The van der Waals surface area contributed by atoms with Crippen molar-refractivity contribution in [2.45, 2.75) is 57.6 Å². The molecule has 6 heteroatoms. The fourth-order valence-electron chi connectivity index (χ4n) is 4.80. The molecule has 0 bridgehead atoms. The Hall–Kier alpha value is -2.86. The summed E-state index contributed by atoms with van der Waals surface area (Å²) in [4.78, 5) is 16.0. The zero-order chi connectivity index (χ0) is 21.2. The Bertz CT molecular complexity index is 1130. The van der Waals surface area contributed by atoms with Gasteiger partial charge in [0.15, 0.2) is 0 Å². The molecule has 31 heavy (non-hydrogen) atoms. The van der Waals surface area contributed by atoms with Gasteiger partial charge in [0, 0.05) is 35.9 Å². The largest absolute Gasteiger partial charge is 0.496 e. The van der Waals surface area contributed by atoms with E-state index in [4.69, 9.17) is 9.84 Å². The second-order valence-electron chi connectivity index (χ2n) is 8.85. The molecule has 0 spiro atoms. The molecule has 3 aromatic rings. The fraction of sp³-hybridized carbons (Fsp3) is 0.440. The van der Waals surface area contributed by atoms with Crippen LogP contribution >= 0.6 is 0 Å². The molecule has 1 aliphatic carbocycles. The summed E-state index contributed by atoms with van der Waals surface area (Å²) in [7, 11) is 0.